The first-order valence-electron chi connectivity index (χ1n) is 10.4. The highest BCUT2D eigenvalue weighted by Crippen LogP contribution is 2.48. The molecule has 0 fully saturated rings. The molecule has 0 amide bonds. The molecule has 0 atom stereocenters. The van der Waals surface area contributed by atoms with E-state index in [-0.39, 0.29) is 5.75 Å². The normalized spacial score (nSPS) is 10.7. The fraction of sp³-hybridized carbons (Fsp3) is 0. The molecule has 5 aromatic carbocycles. The first kappa shape index (κ1) is 18.9. The molecule has 0 saturated heterocycles. The molecule has 1 heteroatoms. The summed E-state index contributed by atoms with van der Waals surface area (Å²) in [4.78, 5) is 0. The van der Waals surface area contributed by atoms with Crippen LogP contribution in [0.15, 0.2) is 127 Å². The molecule has 0 N–H and O–H groups in total. The van der Waals surface area contributed by atoms with E-state index in [1.165, 1.54) is 0 Å². The average molecular weight is 397 g/mol. The summed E-state index contributed by atoms with van der Waals surface area (Å²) in [6.07, 6.45) is 0. The van der Waals surface area contributed by atoms with Crippen molar-refractivity contribution in [2.75, 3.05) is 0 Å². The van der Waals surface area contributed by atoms with Crippen molar-refractivity contribution in [2.24, 2.45) is 0 Å². The Morgan fingerprint density at radius 2 is 0.645 bits per heavy atom. The van der Waals surface area contributed by atoms with Gasteiger partial charge in [0.2, 0.25) is 0 Å². The van der Waals surface area contributed by atoms with Crippen LogP contribution in [0.2, 0.25) is 0 Å². The molecule has 5 aromatic rings. The zero-order valence-electron chi connectivity index (χ0n) is 17.0. The molecule has 0 bridgehead atoms. The molecule has 0 aliphatic carbocycles. The van der Waals surface area contributed by atoms with Gasteiger partial charge in [0, 0.05) is 0 Å². The molecule has 5 rings (SSSR count). The van der Waals surface area contributed by atoms with E-state index in [0.717, 1.165) is 44.5 Å². The van der Waals surface area contributed by atoms with E-state index >= 15 is 0 Å². The maximum Gasteiger partial charge on any atom is -0.0105 e. The lowest BCUT2D eigenvalue weighted by molar-refractivity contribution is -0.266. The Bertz CT molecular complexity index is 1190. The molecule has 148 valence electrons. The van der Waals surface area contributed by atoms with Gasteiger partial charge >= 0.3 is 0 Å². The molecule has 0 saturated carbocycles. The van der Waals surface area contributed by atoms with Crippen molar-refractivity contribution in [3.05, 3.63) is 127 Å². The van der Waals surface area contributed by atoms with Crippen LogP contribution in [-0.2, 0) is 0 Å². The molecule has 0 unspecified atom stereocenters. The van der Waals surface area contributed by atoms with Crippen LogP contribution in [0, 0.1) is 0 Å². The van der Waals surface area contributed by atoms with Gasteiger partial charge in [-0.3, -0.25) is 0 Å². The van der Waals surface area contributed by atoms with Gasteiger partial charge in [0.25, 0.3) is 0 Å². The average Bonchev–Trinajstić information content (AvgIpc) is 2.85. The van der Waals surface area contributed by atoms with Gasteiger partial charge in [-0.15, -0.1) is 0 Å². The van der Waals surface area contributed by atoms with Crippen LogP contribution in [0.4, 0.5) is 0 Å². The van der Waals surface area contributed by atoms with E-state index in [1.807, 2.05) is 97.1 Å². The van der Waals surface area contributed by atoms with Crippen molar-refractivity contribution in [3.8, 4) is 50.3 Å². The smallest absolute Gasteiger partial charge is 0.0105 e. The second-order valence-electron chi connectivity index (χ2n) is 7.51. The Hall–Kier alpha value is -4.10. The predicted molar refractivity (Wildman–Crippen MR) is 128 cm³/mol. The summed E-state index contributed by atoms with van der Waals surface area (Å²) in [5.41, 5.74) is 7.33. The van der Waals surface area contributed by atoms with E-state index in [1.54, 1.807) is 0 Å². The van der Waals surface area contributed by atoms with Gasteiger partial charge in [-0.25, -0.2) is 0 Å². The summed E-state index contributed by atoms with van der Waals surface area (Å²) in [5, 5.41) is 14.2. The molecule has 0 heterocycles. The van der Waals surface area contributed by atoms with E-state index in [0.29, 0.717) is 0 Å². The van der Waals surface area contributed by atoms with E-state index in [2.05, 4.69) is 30.3 Å². The third kappa shape index (κ3) is 3.62. The van der Waals surface area contributed by atoms with Gasteiger partial charge in [0.1, 0.15) is 0 Å². The molecular weight excluding hydrogens is 376 g/mol. The SMILES string of the molecule is [O-]c1c(-c2ccccc2)c(-c2ccccc2)cc(-c2ccccc2)c1-c1ccccc1. The number of hydrogen-bond acceptors (Lipinski definition) is 1. The lowest BCUT2D eigenvalue weighted by Gasteiger charge is -2.27. The molecule has 0 aliphatic heterocycles. The zero-order valence-corrected chi connectivity index (χ0v) is 17.0. The third-order valence-corrected chi connectivity index (χ3v) is 5.58. The first-order valence-corrected chi connectivity index (χ1v) is 10.4. The molecule has 0 spiro atoms. The second kappa shape index (κ2) is 8.33. The maximum atomic E-state index is 14.2. The number of hydrogen-bond donors (Lipinski definition) is 0. The van der Waals surface area contributed by atoms with Crippen LogP contribution in [-0.4, -0.2) is 0 Å². The van der Waals surface area contributed by atoms with Crippen LogP contribution in [0.5, 0.6) is 5.75 Å². The Morgan fingerprint density at radius 1 is 0.355 bits per heavy atom. The van der Waals surface area contributed by atoms with Gasteiger partial charge in [0.05, 0.1) is 0 Å². The van der Waals surface area contributed by atoms with E-state index in [4.69, 9.17) is 0 Å². The van der Waals surface area contributed by atoms with Crippen LogP contribution in [0.25, 0.3) is 44.5 Å². The second-order valence-corrected chi connectivity index (χ2v) is 7.51. The lowest BCUT2D eigenvalue weighted by Crippen LogP contribution is -2.02. The quantitative estimate of drug-likeness (QED) is 0.309. The van der Waals surface area contributed by atoms with Crippen molar-refractivity contribution in [2.45, 2.75) is 0 Å². The Balaban J connectivity index is 1.91. The summed E-state index contributed by atoms with van der Waals surface area (Å²) in [7, 11) is 0. The van der Waals surface area contributed by atoms with Crippen LogP contribution >= 0.6 is 0 Å². The minimum Gasteiger partial charge on any atom is -0.872 e. The fourth-order valence-corrected chi connectivity index (χ4v) is 4.13. The Labute approximate surface area is 182 Å². The highest BCUT2D eigenvalue weighted by molar-refractivity contribution is 6.00. The van der Waals surface area contributed by atoms with Gasteiger partial charge < -0.3 is 5.11 Å². The summed E-state index contributed by atoms with van der Waals surface area (Å²) in [6, 6.07) is 42.5. The summed E-state index contributed by atoms with van der Waals surface area (Å²) in [5.74, 6) is 0.0533. The van der Waals surface area contributed by atoms with Crippen LogP contribution < -0.4 is 5.11 Å². The monoisotopic (exact) mass is 397 g/mol. The highest BCUT2D eigenvalue weighted by atomic mass is 16.3. The van der Waals surface area contributed by atoms with E-state index in [9.17, 15) is 5.11 Å². The Kier molecular flexibility index (Phi) is 5.08. The fourth-order valence-electron chi connectivity index (χ4n) is 4.13. The molecule has 0 aromatic heterocycles. The molecular formula is C30H21O-. The largest absolute Gasteiger partial charge is 0.872 e. The van der Waals surface area contributed by atoms with Crippen molar-refractivity contribution in [3.63, 3.8) is 0 Å². The summed E-state index contributed by atoms with van der Waals surface area (Å²) in [6.45, 7) is 0. The predicted octanol–water partition coefficient (Wildman–Crippen LogP) is 7.43. The zero-order chi connectivity index (χ0) is 21.0. The summed E-state index contributed by atoms with van der Waals surface area (Å²) >= 11 is 0. The maximum absolute atomic E-state index is 14.2. The van der Waals surface area contributed by atoms with E-state index < -0.39 is 0 Å². The third-order valence-electron chi connectivity index (χ3n) is 5.58. The minimum atomic E-state index is 0.0533. The standard InChI is InChI=1S/C30H22O/c31-30-28(24-17-9-3-10-18-24)26(22-13-5-1-6-14-22)21-27(23-15-7-2-8-16-23)29(30)25-19-11-4-12-20-25/h1-21,31H/p-1. The lowest BCUT2D eigenvalue weighted by atomic mass is 9.84. The number of benzene rings is 5. The van der Waals surface area contributed by atoms with Crippen molar-refractivity contribution in [1.29, 1.82) is 0 Å². The molecule has 0 aliphatic rings. The van der Waals surface area contributed by atoms with Gasteiger partial charge in [-0.2, -0.15) is 0 Å². The minimum absolute atomic E-state index is 0.0533. The Morgan fingerprint density at radius 3 is 0.968 bits per heavy atom. The molecule has 0 radical (unpaired) electrons. The van der Waals surface area contributed by atoms with Crippen molar-refractivity contribution in [1.82, 2.24) is 0 Å². The molecule has 31 heavy (non-hydrogen) atoms. The summed E-state index contributed by atoms with van der Waals surface area (Å²) < 4.78 is 0. The topological polar surface area (TPSA) is 23.1 Å². The van der Waals surface area contributed by atoms with Gasteiger partial charge in [0.15, 0.2) is 0 Å². The van der Waals surface area contributed by atoms with Crippen molar-refractivity contribution >= 4 is 0 Å². The first-order chi connectivity index (χ1) is 15.3. The van der Waals surface area contributed by atoms with Crippen molar-refractivity contribution < 1.29 is 5.11 Å². The molecule has 1 nitrogen and oxygen atoms in total. The highest BCUT2D eigenvalue weighted by Gasteiger charge is 2.17. The van der Waals surface area contributed by atoms with Gasteiger partial charge in [-0.05, 0) is 50.6 Å². The van der Waals surface area contributed by atoms with Gasteiger partial charge in [-0.1, -0.05) is 127 Å². The number of rotatable bonds is 4. The van der Waals surface area contributed by atoms with Crippen LogP contribution in [0.1, 0.15) is 0 Å². The van der Waals surface area contributed by atoms with Crippen LogP contribution in [0.3, 0.4) is 0 Å².